The van der Waals surface area contributed by atoms with Crippen molar-refractivity contribution in [3.63, 3.8) is 0 Å². The summed E-state index contributed by atoms with van der Waals surface area (Å²) >= 11 is 0. The number of rotatable bonds is 8. The number of esters is 1. The zero-order valence-electron chi connectivity index (χ0n) is 20.5. The minimum atomic E-state index is -2.46. The van der Waals surface area contributed by atoms with E-state index in [1.807, 2.05) is 13.8 Å². The fourth-order valence-electron chi connectivity index (χ4n) is 4.47. The van der Waals surface area contributed by atoms with Gasteiger partial charge in [-0.3, -0.25) is 9.78 Å². The second-order valence-electron chi connectivity index (χ2n) is 10.0. The Kier molecular flexibility index (Phi) is 6.80. The van der Waals surface area contributed by atoms with E-state index in [9.17, 15) is 18.0 Å². The number of ether oxygens (including phenoxy) is 2. The van der Waals surface area contributed by atoms with Gasteiger partial charge < -0.3 is 20.5 Å². The number of halogens is 3. The van der Waals surface area contributed by atoms with Crippen molar-refractivity contribution in [3.05, 3.63) is 42.0 Å². The summed E-state index contributed by atoms with van der Waals surface area (Å²) in [5.74, 6) is -0.947. The fourth-order valence-corrected chi connectivity index (χ4v) is 4.47. The van der Waals surface area contributed by atoms with Gasteiger partial charge in [0.15, 0.2) is 5.82 Å². The van der Waals surface area contributed by atoms with Crippen LogP contribution in [0.15, 0.2) is 30.6 Å². The maximum Gasteiger partial charge on any atom is 0.323 e. The van der Waals surface area contributed by atoms with E-state index in [0.29, 0.717) is 42.8 Å². The minimum Gasteiger partial charge on any atom is -0.457 e. The number of pyridine rings is 1. The Morgan fingerprint density at radius 1 is 1.27 bits per heavy atom. The second-order valence-corrected chi connectivity index (χ2v) is 10.0. The molecule has 0 aromatic carbocycles. The van der Waals surface area contributed by atoms with Gasteiger partial charge in [-0.2, -0.15) is 0 Å². The average Bonchev–Trinajstić information content (AvgIpc) is 3.64. The van der Waals surface area contributed by atoms with Gasteiger partial charge in [0.2, 0.25) is 12.4 Å². The zero-order chi connectivity index (χ0) is 26.3. The van der Waals surface area contributed by atoms with Crippen molar-refractivity contribution in [2.45, 2.75) is 63.1 Å². The average molecular weight is 519 g/mol. The molecular weight excluding hydrogens is 489 g/mol. The van der Waals surface area contributed by atoms with E-state index in [1.54, 1.807) is 12.1 Å². The van der Waals surface area contributed by atoms with Crippen LogP contribution < -0.4 is 11.1 Å². The largest absolute Gasteiger partial charge is 0.457 e. The predicted molar refractivity (Wildman–Crippen MR) is 129 cm³/mol. The number of hydrogen-bond donors (Lipinski definition) is 2. The number of nitrogens with one attached hydrogen (secondary N) is 1. The number of carbonyl (C=O) groups excluding carboxylic acids is 1. The van der Waals surface area contributed by atoms with Crippen molar-refractivity contribution in [2.24, 2.45) is 11.7 Å². The van der Waals surface area contributed by atoms with E-state index in [1.165, 1.54) is 23.0 Å². The molecule has 1 aliphatic carbocycles. The van der Waals surface area contributed by atoms with E-state index in [2.05, 4.69) is 20.4 Å². The first kappa shape index (κ1) is 25.4. The van der Waals surface area contributed by atoms with Gasteiger partial charge in [0.25, 0.3) is 0 Å². The van der Waals surface area contributed by atoms with Crippen LogP contribution in [0.25, 0.3) is 16.9 Å². The lowest BCUT2D eigenvalue weighted by atomic mass is 9.98. The number of alkyl halides is 2. The third-order valence-electron chi connectivity index (χ3n) is 7.15. The molecule has 4 heterocycles. The van der Waals surface area contributed by atoms with Crippen LogP contribution in [0.3, 0.4) is 0 Å². The highest BCUT2D eigenvalue weighted by Gasteiger charge is 2.52. The number of nitrogens with two attached hydrogens (primary N) is 1. The number of anilines is 1. The van der Waals surface area contributed by atoms with Crippen LogP contribution in [-0.4, -0.2) is 63.4 Å². The third-order valence-corrected chi connectivity index (χ3v) is 7.15. The van der Waals surface area contributed by atoms with Gasteiger partial charge in [-0.25, -0.2) is 22.7 Å². The number of hydrogen-bond acceptors (Lipinski definition) is 8. The number of carbonyl (C=O) groups is 1. The fraction of sp³-hybridized carbons (Fsp3) is 0.520. The molecule has 3 N–H and O–H groups in total. The lowest BCUT2D eigenvalue weighted by molar-refractivity contribution is -0.158. The molecule has 5 rings (SSSR count). The smallest absolute Gasteiger partial charge is 0.323 e. The van der Waals surface area contributed by atoms with Crippen molar-refractivity contribution < 1.29 is 27.4 Å². The molecule has 1 saturated heterocycles. The minimum absolute atomic E-state index is 0.0796. The zero-order valence-corrected chi connectivity index (χ0v) is 20.5. The highest BCUT2D eigenvalue weighted by atomic mass is 19.3. The van der Waals surface area contributed by atoms with E-state index in [-0.39, 0.29) is 30.0 Å². The Balaban J connectivity index is 1.38. The van der Waals surface area contributed by atoms with Gasteiger partial charge >= 0.3 is 5.97 Å². The van der Waals surface area contributed by atoms with E-state index < -0.39 is 35.8 Å². The van der Waals surface area contributed by atoms with Gasteiger partial charge in [-0.05, 0) is 36.8 Å². The van der Waals surface area contributed by atoms with Crippen molar-refractivity contribution in [2.75, 3.05) is 18.5 Å². The molecule has 3 aromatic rings. The molecule has 0 bridgehead atoms. The summed E-state index contributed by atoms with van der Waals surface area (Å²) < 4.78 is 54.1. The summed E-state index contributed by atoms with van der Waals surface area (Å²) in [4.78, 5) is 21.0. The first-order chi connectivity index (χ1) is 17.7. The highest BCUT2D eigenvalue weighted by Crippen LogP contribution is 2.52. The van der Waals surface area contributed by atoms with E-state index >= 15 is 0 Å². The quantitative estimate of drug-likeness (QED) is 0.437. The van der Waals surface area contributed by atoms with Crippen molar-refractivity contribution in [1.29, 1.82) is 0 Å². The molecule has 2 fully saturated rings. The van der Waals surface area contributed by atoms with Crippen LogP contribution in [-0.2, 0) is 19.7 Å². The molecule has 37 heavy (non-hydrogen) atoms. The summed E-state index contributed by atoms with van der Waals surface area (Å²) in [7, 11) is 0. The molecule has 12 heteroatoms. The normalized spacial score (nSPS) is 21.8. The SMILES string of the molecule is CC(C)[C@H](N)C(=O)OC1COCCC1Nc1ncc2c(F)cc(-c3ccc(C4(C(F)F)CC4)cn3)n2n1. The Morgan fingerprint density at radius 3 is 2.70 bits per heavy atom. The maximum atomic E-state index is 14.7. The Hall–Kier alpha value is -3.25. The van der Waals surface area contributed by atoms with Crippen molar-refractivity contribution in [1.82, 2.24) is 19.6 Å². The first-order valence-corrected chi connectivity index (χ1v) is 12.3. The van der Waals surface area contributed by atoms with Gasteiger partial charge in [-0.1, -0.05) is 19.9 Å². The van der Waals surface area contributed by atoms with Gasteiger partial charge in [0.1, 0.15) is 17.7 Å². The lowest BCUT2D eigenvalue weighted by Crippen LogP contribution is -2.48. The highest BCUT2D eigenvalue weighted by molar-refractivity contribution is 5.76. The number of fused-ring (bicyclic) bond motifs is 1. The monoisotopic (exact) mass is 518 g/mol. The molecule has 3 aromatic heterocycles. The predicted octanol–water partition coefficient (Wildman–Crippen LogP) is 3.32. The maximum absolute atomic E-state index is 14.7. The van der Waals surface area contributed by atoms with Gasteiger partial charge in [-0.15, -0.1) is 5.10 Å². The molecular formula is C25H29F3N6O3. The molecule has 0 amide bonds. The Labute approximate surface area is 211 Å². The molecule has 9 nitrogen and oxygen atoms in total. The molecule has 3 atom stereocenters. The standard InChI is InChI=1S/C25H29F3N6O3/c1-13(2)21(29)22(35)37-20-12-36-8-5-17(20)32-24-31-11-19-15(26)9-18(34(19)33-24)16-4-3-14(10-30-16)25(6-7-25)23(27)28/h3-4,9-11,13,17,20-21,23H,5-8,12,29H2,1-2H3,(H,32,33)/t17?,20?,21-/m0/s1. The molecule has 0 spiro atoms. The third kappa shape index (κ3) is 4.87. The Bertz CT molecular complexity index is 1280. The van der Waals surface area contributed by atoms with Gasteiger partial charge in [0, 0.05) is 18.9 Å². The first-order valence-electron chi connectivity index (χ1n) is 12.3. The summed E-state index contributed by atoms with van der Waals surface area (Å²) in [6.45, 7) is 4.31. The van der Waals surface area contributed by atoms with Crippen LogP contribution >= 0.6 is 0 Å². The molecule has 0 radical (unpaired) electrons. The summed E-state index contributed by atoms with van der Waals surface area (Å²) in [6.07, 6.45) is 1.07. The molecule has 1 saturated carbocycles. The molecule has 2 aliphatic rings. The molecule has 2 unspecified atom stereocenters. The van der Waals surface area contributed by atoms with Crippen LogP contribution in [0.5, 0.6) is 0 Å². The summed E-state index contributed by atoms with van der Waals surface area (Å²) in [5, 5.41) is 7.61. The second kappa shape index (κ2) is 9.90. The summed E-state index contributed by atoms with van der Waals surface area (Å²) in [6, 6.07) is 3.39. The van der Waals surface area contributed by atoms with Crippen LogP contribution in [0.2, 0.25) is 0 Å². The molecule has 198 valence electrons. The Morgan fingerprint density at radius 2 is 2.05 bits per heavy atom. The van der Waals surface area contributed by atoms with Gasteiger partial charge in [0.05, 0.1) is 35.6 Å². The van der Waals surface area contributed by atoms with E-state index in [4.69, 9.17) is 15.2 Å². The van der Waals surface area contributed by atoms with Crippen LogP contribution in [0.1, 0.15) is 38.7 Å². The topological polar surface area (TPSA) is 117 Å². The number of nitrogens with zero attached hydrogens (tertiary/aromatic N) is 4. The van der Waals surface area contributed by atoms with Crippen LogP contribution in [0.4, 0.5) is 19.1 Å². The number of aromatic nitrogens is 4. The van der Waals surface area contributed by atoms with Crippen LogP contribution in [0, 0.1) is 11.7 Å². The summed E-state index contributed by atoms with van der Waals surface area (Å²) in [5.41, 5.74) is 6.14. The van der Waals surface area contributed by atoms with E-state index in [0.717, 1.165) is 0 Å². The van der Waals surface area contributed by atoms with Crippen molar-refractivity contribution >= 4 is 17.4 Å². The lowest BCUT2D eigenvalue weighted by Gasteiger charge is -2.32. The molecule has 1 aliphatic heterocycles. The van der Waals surface area contributed by atoms with Crippen molar-refractivity contribution in [3.8, 4) is 11.4 Å².